The maximum Gasteiger partial charge on any atom is 0.0576 e. The normalized spacial score (nSPS) is 25.1. The van der Waals surface area contributed by atoms with Crippen LogP contribution in [0, 0.1) is 0 Å². The minimum absolute atomic E-state index is 0.504. The molecule has 1 N–H and O–H groups in total. The molecule has 0 amide bonds. The van der Waals surface area contributed by atoms with Gasteiger partial charge in [0.1, 0.15) is 0 Å². The van der Waals surface area contributed by atoms with Gasteiger partial charge in [-0.15, -0.1) is 6.58 Å². The van der Waals surface area contributed by atoms with Crippen LogP contribution in [0.4, 0.5) is 0 Å². The van der Waals surface area contributed by atoms with Crippen LogP contribution in [0.1, 0.15) is 32.1 Å². The summed E-state index contributed by atoms with van der Waals surface area (Å²) in [5, 5.41) is 3.35. The van der Waals surface area contributed by atoms with Crippen LogP contribution in [0.15, 0.2) is 12.7 Å². The molecule has 0 saturated heterocycles. The van der Waals surface area contributed by atoms with Crippen LogP contribution in [0.3, 0.4) is 0 Å². The molecule has 0 atom stereocenters. The van der Waals surface area contributed by atoms with Gasteiger partial charge in [0.05, 0.1) is 6.10 Å². The molecule has 3 nitrogen and oxygen atoms in total. The van der Waals surface area contributed by atoms with E-state index in [-0.39, 0.29) is 0 Å². The Morgan fingerprint density at radius 2 is 2.06 bits per heavy atom. The summed E-state index contributed by atoms with van der Waals surface area (Å²) in [5.41, 5.74) is 0. The van der Waals surface area contributed by atoms with Gasteiger partial charge in [-0.3, -0.25) is 0 Å². The highest BCUT2D eigenvalue weighted by molar-refractivity contribution is 4.76. The van der Waals surface area contributed by atoms with Crippen LogP contribution in [0.2, 0.25) is 0 Å². The molecule has 3 heteroatoms. The van der Waals surface area contributed by atoms with Gasteiger partial charge in [-0.05, 0) is 46.2 Å². The smallest absolute Gasteiger partial charge is 0.0576 e. The summed E-state index contributed by atoms with van der Waals surface area (Å²) in [6.45, 7) is 6.70. The highest BCUT2D eigenvalue weighted by atomic mass is 16.5. The molecule has 0 bridgehead atoms. The van der Waals surface area contributed by atoms with E-state index in [0.29, 0.717) is 12.1 Å². The summed E-state index contributed by atoms with van der Waals surface area (Å²) in [6, 6.07) is 0.716. The number of hydrogen-bond acceptors (Lipinski definition) is 3. The average molecular weight is 240 g/mol. The van der Waals surface area contributed by atoms with E-state index in [1.54, 1.807) is 0 Å². The lowest BCUT2D eigenvalue weighted by atomic mass is 9.93. The lowest BCUT2D eigenvalue weighted by Crippen LogP contribution is -2.33. The second-order valence-electron chi connectivity index (χ2n) is 5.04. The number of hydrogen-bond donors (Lipinski definition) is 1. The molecule has 0 radical (unpaired) electrons. The Hall–Kier alpha value is -0.380. The van der Waals surface area contributed by atoms with Crippen molar-refractivity contribution in [1.29, 1.82) is 0 Å². The number of rotatable bonds is 8. The first-order valence-electron chi connectivity index (χ1n) is 6.84. The zero-order chi connectivity index (χ0) is 12.5. The lowest BCUT2D eigenvalue weighted by molar-refractivity contribution is 0.0195. The van der Waals surface area contributed by atoms with Crippen LogP contribution >= 0.6 is 0 Å². The quantitative estimate of drug-likeness (QED) is 0.519. The fraction of sp³-hybridized carbons (Fsp3) is 0.857. The predicted octanol–water partition coefficient (Wildman–Crippen LogP) is 2.04. The van der Waals surface area contributed by atoms with Gasteiger partial charge < -0.3 is 15.0 Å². The predicted molar refractivity (Wildman–Crippen MR) is 73.4 cm³/mol. The van der Waals surface area contributed by atoms with Crippen molar-refractivity contribution in [1.82, 2.24) is 10.2 Å². The first-order valence-corrected chi connectivity index (χ1v) is 6.84. The second kappa shape index (κ2) is 8.67. The van der Waals surface area contributed by atoms with Gasteiger partial charge in [-0.25, -0.2) is 0 Å². The molecule has 100 valence electrons. The van der Waals surface area contributed by atoms with E-state index in [1.165, 1.54) is 25.7 Å². The van der Waals surface area contributed by atoms with Gasteiger partial charge in [-0.1, -0.05) is 6.08 Å². The van der Waals surface area contributed by atoms with Crippen LogP contribution < -0.4 is 5.32 Å². The largest absolute Gasteiger partial charge is 0.378 e. The van der Waals surface area contributed by atoms with Crippen molar-refractivity contribution in [3.05, 3.63) is 12.7 Å². The highest BCUT2D eigenvalue weighted by Gasteiger charge is 2.19. The maximum absolute atomic E-state index is 5.92. The fourth-order valence-electron chi connectivity index (χ4n) is 2.41. The highest BCUT2D eigenvalue weighted by Crippen LogP contribution is 2.20. The molecule has 0 aromatic heterocycles. The molecule has 0 heterocycles. The van der Waals surface area contributed by atoms with Crippen LogP contribution in [-0.4, -0.2) is 50.8 Å². The van der Waals surface area contributed by atoms with Gasteiger partial charge in [0.2, 0.25) is 0 Å². The molecule has 0 aromatic carbocycles. The van der Waals surface area contributed by atoms with Crippen molar-refractivity contribution in [3.8, 4) is 0 Å². The first kappa shape index (κ1) is 14.7. The molecule has 1 rings (SSSR count). The van der Waals surface area contributed by atoms with Gasteiger partial charge in [-0.2, -0.15) is 0 Å². The monoisotopic (exact) mass is 240 g/mol. The van der Waals surface area contributed by atoms with E-state index < -0.39 is 0 Å². The minimum Gasteiger partial charge on any atom is -0.378 e. The van der Waals surface area contributed by atoms with Crippen molar-refractivity contribution in [3.63, 3.8) is 0 Å². The summed E-state index contributed by atoms with van der Waals surface area (Å²) in [5.74, 6) is 0. The average Bonchev–Trinajstić information content (AvgIpc) is 2.36. The Morgan fingerprint density at radius 1 is 1.35 bits per heavy atom. The van der Waals surface area contributed by atoms with Gasteiger partial charge in [0.15, 0.2) is 0 Å². The lowest BCUT2D eigenvalue weighted by Gasteiger charge is -2.28. The summed E-state index contributed by atoms with van der Waals surface area (Å²) in [7, 11) is 4.18. The van der Waals surface area contributed by atoms with E-state index in [1.807, 2.05) is 6.08 Å². The topological polar surface area (TPSA) is 24.5 Å². The van der Waals surface area contributed by atoms with Gasteiger partial charge in [0.25, 0.3) is 0 Å². The number of likely N-dealkylation sites (N-methyl/N-ethyl adjacent to an activating group) is 1. The molecule has 0 spiro atoms. The van der Waals surface area contributed by atoms with E-state index in [9.17, 15) is 0 Å². The van der Waals surface area contributed by atoms with Crippen LogP contribution in [-0.2, 0) is 4.74 Å². The third-order valence-electron chi connectivity index (χ3n) is 3.56. The van der Waals surface area contributed by atoms with Gasteiger partial charge in [0, 0.05) is 25.7 Å². The molecule has 0 unspecified atom stereocenters. The maximum atomic E-state index is 5.92. The summed E-state index contributed by atoms with van der Waals surface area (Å²) >= 11 is 0. The minimum atomic E-state index is 0.504. The van der Waals surface area contributed by atoms with Crippen molar-refractivity contribution in [2.75, 3.05) is 33.8 Å². The SMILES string of the molecule is C=CCN(C)CCCO[C@H]1CC[C@H](NC)CC1. The Balaban J connectivity index is 1.98. The Labute approximate surface area is 106 Å². The molecule has 0 aromatic rings. The molecule has 1 fully saturated rings. The number of nitrogens with zero attached hydrogens (tertiary/aromatic N) is 1. The van der Waals surface area contributed by atoms with E-state index in [4.69, 9.17) is 4.74 Å². The van der Waals surface area contributed by atoms with Crippen LogP contribution in [0.5, 0.6) is 0 Å². The Kier molecular flexibility index (Phi) is 7.49. The van der Waals surface area contributed by atoms with Crippen LogP contribution in [0.25, 0.3) is 0 Å². The second-order valence-corrected chi connectivity index (χ2v) is 5.04. The molecular formula is C14H28N2O. The molecule has 1 saturated carbocycles. The zero-order valence-corrected chi connectivity index (χ0v) is 11.5. The Bertz CT molecular complexity index is 200. The fourth-order valence-corrected chi connectivity index (χ4v) is 2.41. The summed E-state index contributed by atoms with van der Waals surface area (Å²) in [4.78, 5) is 2.27. The van der Waals surface area contributed by atoms with Crippen molar-refractivity contribution >= 4 is 0 Å². The molecule has 0 aliphatic heterocycles. The summed E-state index contributed by atoms with van der Waals surface area (Å²) in [6.07, 6.45) is 8.53. The van der Waals surface area contributed by atoms with Gasteiger partial charge >= 0.3 is 0 Å². The van der Waals surface area contributed by atoms with E-state index >= 15 is 0 Å². The number of ether oxygens (including phenoxy) is 1. The standard InChI is InChI=1S/C14H28N2O/c1-4-10-16(3)11-5-12-17-14-8-6-13(15-2)7-9-14/h4,13-15H,1,5-12H2,2-3H3/t13-,14-. The Morgan fingerprint density at radius 3 is 2.65 bits per heavy atom. The number of nitrogens with one attached hydrogen (secondary N) is 1. The van der Waals surface area contributed by atoms with Crippen molar-refractivity contribution in [2.45, 2.75) is 44.2 Å². The van der Waals surface area contributed by atoms with E-state index in [0.717, 1.165) is 26.1 Å². The first-order chi connectivity index (χ1) is 8.26. The van der Waals surface area contributed by atoms with E-state index in [2.05, 4.69) is 30.9 Å². The molecule has 1 aliphatic carbocycles. The third kappa shape index (κ3) is 6.20. The van der Waals surface area contributed by atoms with Crippen molar-refractivity contribution < 1.29 is 4.74 Å². The summed E-state index contributed by atoms with van der Waals surface area (Å²) < 4.78 is 5.92. The molecular weight excluding hydrogens is 212 g/mol. The van der Waals surface area contributed by atoms with Crippen molar-refractivity contribution in [2.24, 2.45) is 0 Å². The zero-order valence-electron chi connectivity index (χ0n) is 11.5. The third-order valence-corrected chi connectivity index (χ3v) is 3.56. The molecule has 1 aliphatic rings. The molecule has 17 heavy (non-hydrogen) atoms.